The van der Waals surface area contributed by atoms with Gasteiger partial charge in [-0.25, -0.2) is 4.98 Å². The summed E-state index contributed by atoms with van der Waals surface area (Å²) in [5, 5.41) is 2.95. The van der Waals surface area contributed by atoms with Gasteiger partial charge in [0.05, 0.1) is 5.69 Å². The van der Waals surface area contributed by atoms with Crippen molar-refractivity contribution in [2.75, 3.05) is 0 Å². The minimum absolute atomic E-state index is 0.0124. The Hall–Kier alpha value is -1.65. The molecule has 2 heterocycles. The van der Waals surface area contributed by atoms with Crippen molar-refractivity contribution < 1.29 is 4.79 Å². The van der Waals surface area contributed by atoms with Gasteiger partial charge in [-0.05, 0) is 40.0 Å². The molecule has 0 fully saturated rings. The van der Waals surface area contributed by atoms with Crippen molar-refractivity contribution in [2.45, 2.75) is 71.9 Å². The topological polar surface area (TPSA) is 64.0 Å². The first-order chi connectivity index (χ1) is 9.70. The summed E-state index contributed by atoms with van der Waals surface area (Å²) in [7, 11) is 0. The van der Waals surface area contributed by atoms with E-state index in [0.29, 0.717) is 17.9 Å². The maximum atomic E-state index is 12.5. The summed E-state index contributed by atoms with van der Waals surface area (Å²) < 4.78 is 1.75. The number of carbonyl (C=O) groups is 1. The van der Waals surface area contributed by atoms with E-state index < -0.39 is 0 Å². The predicted octanol–water partition coefficient (Wildman–Crippen LogP) is 2.23. The lowest BCUT2D eigenvalue weighted by molar-refractivity contribution is 0.0911. The molecule has 0 bridgehead atoms. The molecule has 116 valence electrons. The molecular weight excluding hydrogens is 266 g/mol. The summed E-state index contributed by atoms with van der Waals surface area (Å²) in [5.41, 5.74) is 1.34. The summed E-state index contributed by atoms with van der Waals surface area (Å²) in [6.07, 6.45) is 2.72. The standard InChI is InChI=1S/C16H25N3O2/c1-10(2)12-15(21)19-9-7-6-8-11(19)13(17-12)14(20)18-16(3,4)5/h10H,6-9H2,1-5H3,(H,18,20). The summed E-state index contributed by atoms with van der Waals surface area (Å²) in [6.45, 7) is 10.4. The second-order valence-corrected chi connectivity index (χ2v) is 7.07. The zero-order valence-corrected chi connectivity index (χ0v) is 13.6. The maximum Gasteiger partial charge on any atom is 0.272 e. The highest BCUT2D eigenvalue weighted by molar-refractivity contribution is 5.93. The van der Waals surface area contributed by atoms with E-state index in [1.807, 2.05) is 34.6 Å². The summed E-state index contributed by atoms with van der Waals surface area (Å²) in [6, 6.07) is 0. The van der Waals surface area contributed by atoms with E-state index in [9.17, 15) is 9.59 Å². The van der Waals surface area contributed by atoms with Crippen molar-refractivity contribution >= 4 is 5.91 Å². The molecule has 0 unspecified atom stereocenters. The van der Waals surface area contributed by atoms with E-state index in [-0.39, 0.29) is 22.9 Å². The number of nitrogens with zero attached hydrogens (tertiary/aromatic N) is 2. The van der Waals surface area contributed by atoms with Gasteiger partial charge in [0.2, 0.25) is 0 Å². The minimum Gasteiger partial charge on any atom is -0.346 e. The smallest absolute Gasteiger partial charge is 0.272 e. The molecule has 1 aromatic heterocycles. The number of hydrogen-bond acceptors (Lipinski definition) is 3. The molecule has 21 heavy (non-hydrogen) atoms. The van der Waals surface area contributed by atoms with Crippen LogP contribution in [0.15, 0.2) is 4.79 Å². The molecule has 1 aliphatic heterocycles. The van der Waals surface area contributed by atoms with Gasteiger partial charge in [0.1, 0.15) is 11.4 Å². The average Bonchev–Trinajstić information content (AvgIpc) is 2.36. The second kappa shape index (κ2) is 5.62. The van der Waals surface area contributed by atoms with Crippen LogP contribution in [0.25, 0.3) is 0 Å². The number of fused-ring (bicyclic) bond motifs is 1. The van der Waals surface area contributed by atoms with Crippen LogP contribution >= 0.6 is 0 Å². The molecule has 1 amide bonds. The van der Waals surface area contributed by atoms with E-state index in [2.05, 4.69) is 10.3 Å². The van der Waals surface area contributed by atoms with Crippen LogP contribution in [-0.2, 0) is 13.0 Å². The van der Waals surface area contributed by atoms with Crippen molar-refractivity contribution in [1.29, 1.82) is 0 Å². The van der Waals surface area contributed by atoms with Gasteiger partial charge in [0.15, 0.2) is 0 Å². The molecule has 5 nitrogen and oxygen atoms in total. The van der Waals surface area contributed by atoms with Crippen molar-refractivity contribution in [2.24, 2.45) is 0 Å². The van der Waals surface area contributed by atoms with Gasteiger partial charge in [-0.15, -0.1) is 0 Å². The molecule has 0 atom stereocenters. The second-order valence-electron chi connectivity index (χ2n) is 7.07. The third-order valence-electron chi connectivity index (χ3n) is 3.59. The molecule has 0 spiro atoms. The van der Waals surface area contributed by atoms with E-state index in [4.69, 9.17) is 0 Å². The normalized spacial score (nSPS) is 15.0. The number of carbonyl (C=O) groups excluding carboxylic acids is 1. The highest BCUT2D eigenvalue weighted by Gasteiger charge is 2.26. The molecule has 1 N–H and O–H groups in total. The molecule has 5 heteroatoms. The first-order valence-corrected chi connectivity index (χ1v) is 7.67. The molecule has 1 aromatic rings. The van der Waals surface area contributed by atoms with Crippen LogP contribution in [0.3, 0.4) is 0 Å². The van der Waals surface area contributed by atoms with Crippen molar-refractivity contribution in [3.05, 3.63) is 27.4 Å². The molecule has 0 saturated carbocycles. The van der Waals surface area contributed by atoms with Crippen LogP contribution in [0.1, 0.15) is 75.3 Å². The number of rotatable bonds is 2. The van der Waals surface area contributed by atoms with Crippen LogP contribution in [0, 0.1) is 0 Å². The highest BCUT2D eigenvalue weighted by Crippen LogP contribution is 2.19. The monoisotopic (exact) mass is 291 g/mol. The van der Waals surface area contributed by atoms with Gasteiger partial charge in [-0.2, -0.15) is 0 Å². The molecule has 0 radical (unpaired) electrons. The Morgan fingerprint density at radius 2 is 1.95 bits per heavy atom. The lowest BCUT2D eigenvalue weighted by atomic mass is 10.0. The molecule has 1 aliphatic rings. The van der Waals surface area contributed by atoms with Gasteiger partial charge in [-0.1, -0.05) is 13.8 Å². The number of amides is 1. The molecule has 0 saturated heterocycles. The fourth-order valence-corrected chi connectivity index (χ4v) is 2.63. The molecule has 2 rings (SSSR count). The first-order valence-electron chi connectivity index (χ1n) is 7.67. The van der Waals surface area contributed by atoms with E-state index in [1.165, 1.54) is 0 Å². The third-order valence-corrected chi connectivity index (χ3v) is 3.59. The Kier molecular flexibility index (Phi) is 4.21. The number of nitrogens with one attached hydrogen (secondary N) is 1. The Bertz CT molecular complexity index is 609. The Labute approximate surface area is 125 Å². The third kappa shape index (κ3) is 3.34. The SMILES string of the molecule is CC(C)c1nc(C(=O)NC(C)(C)C)c2n(c1=O)CCCC2. The minimum atomic E-state index is -0.320. The lowest BCUT2D eigenvalue weighted by Crippen LogP contribution is -2.43. The van der Waals surface area contributed by atoms with Crippen LogP contribution in [0.2, 0.25) is 0 Å². The van der Waals surface area contributed by atoms with Crippen LogP contribution in [-0.4, -0.2) is 21.0 Å². The fraction of sp³-hybridized carbons (Fsp3) is 0.688. The summed E-state index contributed by atoms with van der Waals surface area (Å²) in [5.74, 6) is -0.173. The van der Waals surface area contributed by atoms with E-state index >= 15 is 0 Å². The Morgan fingerprint density at radius 1 is 1.29 bits per heavy atom. The number of hydrogen-bond donors (Lipinski definition) is 1. The maximum absolute atomic E-state index is 12.5. The zero-order valence-electron chi connectivity index (χ0n) is 13.6. The molecular formula is C16H25N3O2. The lowest BCUT2D eigenvalue weighted by Gasteiger charge is -2.25. The van der Waals surface area contributed by atoms with Gasteiger partial charge >= 0.3 is 0 Å². The van der Waals surface area contributed by atoms with Gasteiger partial charge in [0, 0.05) is 18.0 Å². The Balaban J connectivity index is 2.57. The van der Waals surface area contributed by atoms with Gasteiger partial charge < -0.3 is 9.88 Å². The van der Waals surface area contributed by atoms with Crippen LogP contribution in [0.5, 0.6) is 0 Å². The van der Waals surface area contributed by atoms with Crippen molar-refractivity contribution in [1.82, 2.24) is 14.9 Å². The fourth-order valence-electron chi connectivity index (χ4n) is 2.63. The average molecular weight is 291 g/mol. The van der Waals surface area contributed by atoms with Gasteiger partial charge in [-0.3, -0.25) is 9.59 Å². The first kappa shape index (κ1) is 15.7. The van der Waals surface area contributed by atoms with Crippen molar-refractivity contribution in [3.63, 3.8) is 0 Å². The van der Waals surface area contributed by atoms with Crippen LogP contribution in [0.4, 0.5) is 0 Å². The molecule has 0 aliphatic carbocycles. The predicted molar refractivity (Wildman–Crippen MR) is 82.7 cm³/mol. The van der Waals surface area contributed by atoms with Crippen molar-refractivity contribution in [3.8, 4) is 0 Å². The Morgan fingerprint density at radius 3 is 2.52 bits per heavy atom. The van der Waals surface area contributed by atoms with E-state index in [1.54, 1.807) is 4.57 Å². The quantitative estimate of drug-likeness (QED) is 0.908. The summed E-state index contributed by atoms with van der Waals surface area (Å²) >= 11 is 0. The number of aromatic nitrogens is 2. The van der Waals surface area contributed by atoms with E-state index in [0.717, 1.165) is 25.0 Å². The zero-order chi connectivity index (χ0) is 15.8. The van der Waals surface area contributed by atoms with Gasteiger partial charge in [0.25, 0.3) is 11.5 Å². The molecule has 0 aromatic carbocycles. The van der Waals surface area contributed by atoms with Crippen LogP contribution < -0.4 is 10.9 Å². The largest absolute Gasteiger partial charge is 0.346 e. The summed E-state index contributed by atoms with van der Waals surface area (Å²) in [4.78, 5) is 29.4. The highest BCUT2D eigenvalue weighted by atomic mass is 16.2.